The normalized spacial score (nSPS) is 26.1. The molecule has 2 heterocycles. The zero-order valence-electron chi connectivity index (χ0n) is 10.6. The number of likely N-dealkylation sites (tertiary alicyclic amines) is 2. The summed E-state index contributed by atoms with van der Waals surface area (Å²) in [5.41, 5.74) is 0. The molecule has 0 radical (unpaired) electrons. The van der Waals surface area contributed by atoms with E-state index in [-0.39, 0.29) is 19.1 Å². The standard InChI is InChI=1S/C12H18F2N2O3/c13-10(14)11(17)15-6-3-8(4-7-15)16-5-1-2-9(16)12(18)19/h8-10H,1-7H2,(H,18,19). The Morgan fingerprint density at radius 2 is 1.74 bits per heavy atom. The molecular formula is C12H18F2N2O3. The largest absolute Gasteiger partial charge is 0.480 e. The van der Waals surface area contributed by atoms with E-state index in [9.17, 15) is 18.4 Å². The summed E-state index contributed by atoms with van der Waals surface area (Å²) < 4.78 is 24.6. The Labute approximate surface area is 110 Å². The molecule has 2 saturated heterocycles. The van der Waals surface area contributed by atoms with E-state index in [1.54, 1.807) is 0 Å². The fourth-order valence-corrected chi connectivity index (χ4v) is 3.05. The second kappa shape index (κ2) is 5.81. The number of carbonyl (C=O) groups excluding carboxylic acids is 1. The first-order valence-corrected chi connectivity index (χ1v) is 6.56. The number of carboxylic acid groups (broad SMARTS) is 1. The molecule has 0 saturated carbocycles. The summed E-state index contributed by atoms with van der Waals surface area (Å²) in [5, 5.41) is 9.12. The topological polar surface area (TPSA) is 60.9 Å². The van der Waals surface area contributed by atoms with Gasteiger partial charge < -0.3 is 10.0 Å². The summed E-state index contributed by atoms with van der Waals surface area (Å²) in [6.45, 7) is 1.32. The van der Waals surface area contributed by atoms with Crippen molar-refractivity contribution in [3.63, 3.8) is 0 Å². The summed E-state index contributed by atoms with van der Waals surface area (Å²) in [5.74, 6) is -1.93. The number of piperidine rings is 1. The second-order valence-corrected chi connectivity index (χ2v) is 5.09. The molecule has 0 bridgehead atoms. The molecule has 19 heavy (non-hydrogen) atoms. The fourth-order valence-electron chi connectivity index (χ4n) is 3.05. The average molecular weight is 276 g/mol. The SMILES string of the molecule is O=C(O)C1CCCN1C1CCN(C(=O)C(F)F)CC1. The van der Waals surface area contributed by atoms with Gasteiger partial charge in [0.25, 0.3) is 5.91 Å². The van der Waals surface area contributed by atoms with Crippen molar-refractivity contribution >= 4 is 11.9 Å². The van der Waals surface area contributed by atoms with Crippen LogP contribution in [0.5, 0.6) is 0 Å². The molecule has 0 aliphatic carbocycles. The maximum absolute atomic E-state index is 12.3. The minimum atomic E-state index is -2.95. The molecule has 1 atom stereocenters. The minimum Gasteiger partial charge on any atom is -0.480 e. The van der Waals surface area contributed by atoms with Gasteiger partial charge in [-0.15, -0.1) is 0 Å². The maximum atomic E-state index is 12.3. The van der Waals surface area contributed by atoms with Crippen LogP contribution in [0.2, 0.25) is 0 Å². The van der Waals surface area contributed by atoms with Crippen LogP contribution in [0.15, 0.2) is 0 Å². The van der Waals surface area contributed by atoms with Crippen molar-refractivity contribution in [2.24, 2.45) is 0 Å². The van der Waals surface area contributed by atoms with Crippen LogP contribution in [0.3, 0.4) is 0 Å². The van der Waals surface area contributed by atoms with Crippen molar-refractivity contribution in [3.05, 3.63) is 0 Å². The Hall–Kier alpha value is -1.24. The van der Waals surface area contributed by atoms with Gasteiger partial charge in [-0.1, -0.05) is 0 Å². The Morgan fingerprint density at radius 1 is 1.11 bits per heavy atom. The van der Waals surface area contributed by atoms with Gasteiger partial charge in [0, 0.05) is 19.1 Å². The number of alkyl halides is 2. The highest BCUT2D eigenvalue weighted by atomic mass is 19.3. The number of carboxylic acids is 1. The first-order chi connectivity index (χ1) is 9.00. The second-order valence-electron chi connectivity index (χ2n) is 5.09. The van der Waals surface area contributed by atoms with E-state index in [2.05, 4.69) is 0 Å². The van der Waals surface area contributed by atoms with Crippen molar-refractivity contribution in [3.8, 4) is 0 Å². The summed E-state index contributed by atoms with van der Waals surface area (Å²) >= 11 is 0. The van der Waals surface area contributed by atoms with Gasteiger partial charge in [0.2, 0.25) is 0 Å². The lowest BCUT2D eigenvalue weighted by atomic mass is 10.0. The highest BCUT2D eigenvalue weighted by Gasteiger charge is 2.37. The number of hydrogen-bond acceptors (Lipinski definition) is 3. The van der Waals surface area contributed by atoms with E-state index in [1.165, 1.54) is 4.90 Å². The third kappa shape index (κ3) is 3.02. The van der Waals surface area contributed by atoms with Crippen LogP contribution < -0.4 is 0 Å². The van der Waals surface area contributed by atoms with Gasteiger partial charge in [-0.25, -0.2) is 0 Å². The molecule has 108 valence electrons. The molecule has 2 aliphatic rings. The van der Waals surface area contributed by atoms with E-state index in [0.717, 1.165) is 13.0 Å². The molecule has 5 nitrogen and oxygen atoms in total. The quantitative estimate of drug-likeness (QED) is 0.828. The van der Waals surface area contributed by atoms with E-state index < -0.39 is 24.3 Å². The highest BCUT2D eigenvalue weighted by Crippen LogP contribution is 2.26. The lowest BCUT2D eigenvalue weighted by molar-refractivity contribution is -0.147. The van der Waals surface area contributed by atoms with Crippen LogP contribution in [0.25, 0.3) is 0 Å². The Kier molecular flexibility index (Phi) is 4.34. The summed E-state index contributed by atoms with van der Waals surface area (Å²) in [6, 6.07) is -0.368. The molecule has 1 amide bonds. The number of halogens is 2. The van der Waals surface area contributed by atoms with Crippen molar-refractivity contribution in [1.29, 1.82) is 0 Å². The molecule has 2 fully saturated rings. The van der Waals surface area contributed by atoms with Gasteiger partial charge in [-0.05, 0) is 32.2 Å². The molecule has 0 aromatic heterocycles. The van der Waals surface area contributed by atoms with Gasteiger partial charge in [0.05, 0.1) is 0 Å². The Balaban J connectivity index is 1.89. The summed E-state index contributed by atoms with van der Waals surface area (Å²) in [4.78, 5) is 25.4. The lowest BCUT2D eigenvalue weighted by Gasteiger charge is -2.38. The van der Waals surface area contributed by atoms with E-state index in [0.29, 0.717) is 19.3 Å². The van der Waals surface area contributed by atoms with Crippen LogP contribution in [0.1, 0.15) is 25.7 Å². The van der Waals surface area contributed by atoms with Crippen LogP contribution in [0, 0.1) is 0 Å². The van der Waals surface area contributed by atoms with Crippen molar-refractivity contribution < 1.29 is 23.5 Å². The van der Waals surface area contributed by atoms with Crippen LogP contribution in [0.4, 0.5) is 8.78 Å². The number of aliphatic carboxylic acids is 1. The number of nitrogens with zero attached hydrogens (tertiary/aromatic N) is 2. The molecule has 2 aliphatic heterocycles. The van der Waals surface area contributed by atoms with Gasteiger partial charge >= 0.3 is 12.4 Å². The zero-order valence-corrected chi connectivity index (χ0v) is 10.6. The number of hydrogen-bond donors (Lipinski definition) is 1. The summed E-state index contributed by atoms with van der Waals surface area (Å²) in [7, 11) is 0. The van der Waals surface area contributed by atoms with E-state index in [1.807, 2.05) is 4.90 Å². The molecule has 1 N–H and O–H groups in total. The van der Waals surface area contributed by atoms with Crippen molar-refractivity contribution in [1.82, 2.24) is 9.80 Å². The van der Waals surface area contributed by atoms with E-state index in [4.69, 9.17) is 5.11 Å². The number of amides is 1. The van der Waals surface area contributed by atoms with Crippen LogP contribution in [-0.4, -0.2) is 64.9 Å². The van der Waals surface area contributed by atoms with Gasteiger partial charge in [-0.2, -0.15) is 8.78 Å². The predicted octanol–water partition coefficient (Wildman–Crippen LogP) is 0.791. The minimum absolute atomic E-state index is 0.0883. The fraction of sp³-hybridized carbons (Fsp3) is 0.833. The zero-order chi connectivity index (χ0) is 14.0. The number of carbonyl (C=O) groups is 2. The van der Waals surface area contributed by atoms with Gasteiger partial charge in [0.15, 0.2) is 0 Å². The smallest absolute Gasteiger partial charge is 0.320 e. The molecule has 1 unspecified atom stereocenters. The number of rotatable bonds is 3. The molecule has 2 rings (SSSR count). The Morgan fingerprint density at radius 3 is 2.26 bits per heavy atom. The maximum Gasteiger partial charge on any atom is 0.320 e. The lowest BCUT2D eigenvalue weighted by Crippen LogP contribution is -2.50. The monoisotopic (exact) mass is 276 g/mol. The molecule has 0 spiro atoms. The van der Waals surface area contributed by atoms with Gasteiger partial charge in [-0.3, -0.25) is 14.5 Å². The summed E-state index contributed by atoms with van der Waals surface area (Å²) in [6.07, 6.45) is -0.307. The third-order valence-electron chi connectivity index (χ3n) is 4.01. The molecule has 0 aromatic rings. The van der Waals surface area contributed by atoms with Gasteiger partial charge in [0.1, 0.15) is 6.04 Å². The van der Waals surface area contributed by atoms with Crippen molar-refractivity contribution in [2.75, 3.05) is 19.6 Å². The predicted molar refractivity (Wildman–Crippen MR) is 63.0 cm³/mol. The van der Waals surface area contributed by atoms with E-state index >= 15 is 0 Å². The Bertz CT molecular complexity index is 357. The molecule has 0 aromatic carbocycles. The first kappa shape index (κ1) is 14.2. The van der Waals surface area contributed by atoms with Crippen LogP contribution in [-0.2, 0) is 9.59 Å². The average Bonchev–Trinajstić information content (AvgIpc) is 2.87. The third-order valence-corrected chi connectivity index (χ3v) is 4.01. The van der Waals surface area contributed by atoms with Crippen LogP contribution >= 0.6 is 0 Å². The molecular weight excluding hydrogens is 258 g/mol. The van der Waals surface area contributed by atoms with Crippen molar-refractivity contribution in [2.45, 2.75) is 44.2 Å². The first-order valence-electron chi connectivity index (χ1n) is 6.56. The highest BCUT2D eigenvalue weighted by molar-refractivity contribution is 5.79. The molecule has 7 heteroatoms.